The Balaban J connectivity index is 1.34. The van der Waals surface area contributed by atoms with E-state index in [1.165, 1.54) is 22.7 Å². The van der Waals surface area contributed by atoms with E-state index >= 15 is 0 Å². The van der Waals surface area contributed by atoms with Crippen LogP contribution in [0.5, 0.6) is 5.75 Å². The Hall–Kier alpha value is -4.53. The van der Waals surface area contributed by atoms with Crippen LogP contribution in [0.3, 0.4) is 0 Å². The monoisotopic (exact) mass is 622 g/mol. The summed E-state index contributed by atoms with van der Waals surface area (Å²) in [6, 6.07) is 27.6. The highest BCUT2D eigenvalue weighted by atomic mass is 32.1. The Morgan fingerprint density at radius 3 is 2.45 bits per heavy atom. The third-order valence-electron chi connectivity index (χ3n) is 6.82. The quantitative estimate of drug-likeness (QED) is 0.0857. The number of nitrogens with zero attached hydrogens (tertiary/aromatic N) is 1. The summed E-state index contributed by atoms with van der Waals surface area (Å²) in [6.45, 7) is 6.27. The summed E-state index contributed by atoms with van der Waals surface area (Å²) in [7, 11) is 0. The van der Waals surface area contributed by atoms with Crippen molar-refractivity contribution in [3.05, 3.63) is 134 Å². The van der Waals surface area contributed by atoms with Crippen molar-refractivity contribution >= 4 is 50.7 Å². The molecule has 5 aromatic rings. The minimum atomic E-state index is -0.340. The van der Waals surface area contributed by atoms with Crippen molar-refractivity contribution in [3.63, 3.8) is 0 Å². The SMILES string of the molecule is CCOC(=O)/C(C)=C\C(C)=C\c1csc(C(Cc2ccc(OCc3ccccc3)cc2)NC(=O)c2cc3ccccc3s2)n1. The Labute approximate surface area is 265 Å². The Morgan fingerprint density at radius 1 is 0.955 bits per heavy atom. The molecule has 0 spiro atoms. The molecule has 1 amide bonds. The standard InChI is InChI=1S/C36H34N2O4S2/c1-4-41-36(40)25(3)18-24(2)19-29-23-43-35(37-29)31(38-34(39)33-21-28-12-8-9-13-32(28)44-33)20-26-14-16-30(17-15-26)42-22-27-10-6-5-7-11-27/h5-19,21,23,31H,4,20,22H2,1-3H3,(H,38,39)/b24-19+,25-18-. The highest BCUT2D eigenvalue weighted by molar-refractivity contribution is 7.20. The molecule has 0 saturated carbocycles. The van der Waals surface area contributed by atoms with E-state index in [0.29, 0.717) is 30.1 Å². The van der Waals surface area contributed by atoms with Crippen molar-refractivity contribution in [1.82, 2.24) is 10.3 Å². The molecule has 44 heavy (non-hydrogen) atoms. The van der Waals surface area contributed by atoms with Crippen LogP contribution in [0.15, 0.2) is 108 Å². The Kier molecular flexibility index (Phi) is 10.4. The lowest BCUT2D eigenvalue weighted by Crippen LogP contribution is -2.29. The van der Waals surface area contributed by atoms with Gasteiger partial charge in [-0.25, -0.2) is 9.78 Å². The number of esters is 1. The predicted molar refractivity (Wildman–Crippen MR) is 179 cm³/mol. The highest BCUT2D eigenvalue weighted by Gasteiger charge is 2.21. The van der Waals surface area contributed by atoms with E-state index in [1.807, 2.05) is 103 Å². The van der Waals surface area contributed by atoms with Crippen molar-refractivity contribution < 1.29 is 19.1 Å². The maximum absolute atomic E-state index is 13.5. The van der Waals surface area contributed by atoms with E-state index in [9.17, 15) is 9.59 Å². The van der Waals surface area contributed by atoms with Gasteiger partial charge in [0.05, 0.1) is 23.2 Å². The number of rotatable bonds is 12. The van der Waals surface area contributed by atoms with Crippen LogP contribution in [0.4, 0.5) is 0 Å². The Bertz CT molecular complexity index is 1750. The van der Waals surface area contributed by atoms with Crippen molar-refractivity contribution in [1.29, 1.82) is 0 Å². The number of hydrogen-bond acceptors (Lipinski definition) is 7. The molecule has 0 aliphatic carbocycles. The van der Waals surface area contributed by atoms with E-state index in [2.05, 4.69) is 5.32 Å². The number of amides is 1. The van der Waals surface area contributed by atoms with Crippen LogP contribution in [0.1, 0.15) is 58.3 Å². The molecule has 1 atom stereocenters. The van der Waals surface area contributed by atoms with E-state index in [1.54, 1.807) is 19.9 Å². The number of hydrogen-bond donors (Lipinski definition) is 1. The maximum Gasteiger partial charge on any atom is 0.333 e. The van der Waals surface area contributed by atoms with Gasteiger partial charge in [0.25, 0.3) is 5.91 Å². The number of benzene rings is 3. The molecule has 6 nitrogen and oxygen atoms in total. The average molecular weight is 623 g/mol. The van der Waals surface area contributed by atoms with Gasteiger partial charge in [-0.15, -0.1) is 22.7 Å². The first-order valence-corrected chi connectivity index (χ1v) is 16.1. The lowest BCUT2D eigenvalue weighted by molar-refractivity contribution is -0.138. The number of carbonyl (C=O) groups is 2. The van der Waals surface area contributed by atoms with E-state index in [4.69, 9.17) is 14.5 Å². The molecular formula is C36H34N2O4S2. The molecule has 0 fully saturated rings. The first-order chi connectivity index (χ1) is 21.4. The second-order valence-electron chi connectivity index (χ2n) is 10.3. The lowest BCUT2D eigenvalue weighted by atomic mass is 10.1. The number of allylic oxidation sites excluding steroid dienone is 2. The molecule has 0 bridgehead atoms. The molecule has 8 heteroatoms. The number of thiazole rings is 1. The van der Waals surface area contributed by atoms with Crippen LogP contribution in [-0.2, 0) is 22.6 Å². The van der Waals surface area contributed by atoms with Crippen LogP contribution in [0, 0.1) is 0 Å². The zero-order chi connectivity index (χ0) is 30.9. The van der Waals surface area contributed by atoms with Crippen LogP contribution < -0.4 is 10.1 Å². The first-order valence-electron chi connectivity index (χ1n) is 14.4. The molecule has 1 N–H and O–H groups in total. The van der Waals surface area contributed by atoms with Gasteiger partial charge in [0.15, 0.2) is 0 Å². The zero-order valence-corrected chi connectivity index (χ0v) is 26.5. The van der Waals surface area contributed by atoms with Crippen molar-refractivity contribution in [2.45, 2.75) is 39.8 Å². The van der Waals surface area contributed by atoms with Crippen molar-refractivity contribution in [3.8, 4) is 5.75 Å². The topological polar surface area (TPSA) is 77.5 Å². The van der Waals surface area contributed by atoms with Gasteiger partial charge in [0.2, 0.25) is 0 Å². The molecule has 2 aromatic heterocycles. The molecule has 1 unspecified atom stereocenters. The smallest absolute Gasteiger partial charge is 0.333 e. The van der Waals surface area contributed by atoms with Gasteiger partial charge in [-0.05, 0) is 85.7 Å². The van der Waals surface area contributed by atoms with Crippen LogP contribution in [-0.4, -0.2) is 23.5 Å². The molecule has 3 aromatic carbocycles. The molecule has 224 valence electrons. The fraction of sp³-hybridized carbons (Fsp3) is 0.194. The van der Waals surface area contributed by atoms with Gasteiger partial charge in [-0.1, -0.05) is 60.7 Å². The van der Waals surface area contributed by atoms with Gasteiger partial charge in [-0.3, -0.25) is 4.79 Å². The number of carbonyl (C=O) groups excluding carboxylic acids is 2. The minimum Gasteiger partial charge on any atom is -0.489 e. The molecule has 0 radical (unpaired) electrons. The van der Waals surface area contributed by atoms with E-state index < -0.39 is 0 Å². The number of nitrogens with one attached hydrogen (secondary N) is 1. The molecular weight excluding hydrogens is 589 g/mol. The van der Waals surface area contributed by atoms with Gasteiger partial charge in [-0.2, -0.15) is 0 Å². The number of thiophene rings is 1. The number of aromatic nitrogens is 1. The average Bonchev–Trinajstić information content (AvgIpc) is 3.68. The predicted octanol–water partition coefficient (Wildman–Crippen LogP) is 8.56. The summed E-state index contributed by atoms with van der Waals surface area (Å²) in [5.74, 6) is 0.321. The van der Waals surface area contributed by atoms with Gasteiger partial charge >= 0.3 is 5.97 Å². The summed E-state index contributed by atoms with van der Waals surface area (Å²) in [4.78, 5) is 31.0. The molecule has 5 rings (SSSR count). The van der Waals surface area contributed by atoms with Crippen molar-refractivity contribution in [2.75, 3.05) is 6.61 Å². The molecule has 0 saturated heterocycles. The fourth-order valence-corrected chi connectivity index (χ4v) is 6.46. The summed E-state index contributed by atoms with van der Waals surface area (Å²) in [5, 5.41) is 7.06. The van der Waals surface area contributed by atoms with Gasteiger partial charge in [0.1, 0.15) is 17.4 Å². The summed E-state index contributed by atoms with van der Waals surface area (Å²) in [5.41, 5.74) is 4.33. The first kappa shape index (κ1) is 30.9. The third-order valence-corrected chi connectivity index (χ3v) is 8.91. The number of ether oxygens (including phenoxy) is 2. The molecule has 2 heterocycles. The summed E-state index contributed by atoms with van der Waals surface area (Å²) in [6.07, 6.45) is 4.28. The minimum absolute atomic E-state index is 0.129. The van der Waals surface area contributed by atoms with Crippen molar-refractivity contribution in [2.24, 2.45) is 0 Å². The normalized spacial score (nSPS) is 12.6. The van der Waals surface area contributed by atoms with Crippen LogP contribution in [0.25, 0.3) is 16.2 Å². The second kappa shape index (κ2) is 14.8. The second-order valence-corrected chi connectivity index (χ2v) is 12.3. The van der Waals surface area contributed by atoms with Gasteiger partial charge in [0, 0.05) is 15.7 Å². The highest BCUT2D eigenvalue weighted by Crippen LogP contribution is 2.28. The fourth-order valence-electron chi connectivity index (χ4n) is 4.67. The zero-order valence-electron chi connectivity index (χ0n) is 24.9. The van der Waals surface area contributed by atoms with Crippen LogP contribution in [0.2, 0.25) is 0 Å². The van der Waals surface area contributed by atoms with Crippen LogP contribution >= 0.6 is 22.7 Å². The molecule has 0 aliphatic heterocycles. The maximum atomic E-state index is 13.5. The Morgan fingerprint density at radius 2 is 1.70 bits per heavy atom. The number of fused-ring (bicyclic) bond motifs is 1. The summed E-state index contributed by atoms with van der Waals surface area (Å²) >= 11 is 2.98. The third kappa shape index (κ3) is 8.30. The molecule has 0 aliphatic rings. The largest absolute Gasteiger partial charge is 0.489 e. The lowest BCUT2D eigenvalue weighted by Gasteiger charge is -2.17. The van der Waals surface area contributed by atoms with Gasteiger partial charge < -0.3 is 14.8 Å². The van der Waals surface area contributed by atoms with E-state index in [-0.39, 0.29) is 17.9 Å². The van der Waals surface area contributed by atoms with E-state index in [0.717, 1.165) is 43.2 Å². The summed E-state index contributed by atoms with van der Waals surface area (Å²) < 4.78 is 12.1.